The first-order valence-electron chi connectivity index (χ1n) is 6.40. The molecule has 0 saturated carbocycles. The van der Waals surface area contributed by atoms with Crippen LogP contribution in [0, 0.1) is 0 Å². The van der Waals surface area contributed by atoms with E-state index in [9.17, 15) is 8.42 Å². The average Bonchev–Trinajstić information content (AvgIpc) is 2.73. The smallest absolute Gasteiger partial charge is 0.318 e. The summed E-state index contributed by atoms with van der Waals surface area (Å²) in [5.74, 6) is 0.790. The fourth-order valence-electron chi connectivity index (χ4n) is 2.01. The first kappa shape index (κ1) is 14.3. The van der Waals surface area contributed by atoms with Crippen LogP contribution in [0.25, 0.3) is 0 Å². The molecular formula is C11H20N4O3S. The summed E-state index contributed by atoms with van der Waals surface area (Å²) in [7, 11) is -2.93. The van der Waals surface area contributed by atoms with Gasteiger partial charge in [0.15, 0.2) is 9.84 Å². The Morgan fingerprint density at radius 3 is 2.84 bits per heavy atom. The number of aromatic nitrogens is 2. The van der Waals surface area contributed by atoms with E-state index in [1.54, 1.807) is 0 Å². The lowest BCUT2D eigenvalue weighted by molar-refractivity contribution is 0.438. The third kappa shape index (κ3) is 3.66. The molecule has 0 aromatic carbocycles. The van der Waals surface area contributed by atoms with E-state index in [1.165, 1.54) is 0 Å². The van der Waals surface area contributed by atoms with Gasteiger partial charge >= 0.3 is 6.01 Å². The molecule has 1 aliphatic heterocycles. The van der Waals surface area contributed by atoms with Gasteiger partial charge in [0.05, 0.1) is 18.1 Å². The molecule has 1 fully saturated rings. The summed E-state index contributed by atoms with van der Waals surface area (Å²) in [6.07, 6.45) is 0. The molecule has 19 heavy (non-hydrogen) atoms. The number of hydrogen-bond acceptors (Lipinski definition) is 7. The molecule has 1 aromatic heterocycles. The first-order chi connectivity index (χ1) is 8.87. The molecule has 0 spiro atoms. The second-order valence-electron chi connectivity index (χ2n) is 5.17. The van der Waals surface area contributed by atoms with Gasteiger partial charge in [-0.3, -0.25) is 0 Å². The zero-order valence-electron chi connectivity index (χ0n) is 11.5. The van der Waals surface area contributed by atoms with Gasteiger partial charge < -0.3 is 14.6 Å². The van der Waals surface area contributed by atoms with Gasteiger partial charge in [0.25, 0.3) is 0 Å². The Kier molecular flexibility index (Phi) is 4.10. The molecular weight excluding hydrogens is 268 g/mol. The van der Waals surface area contributed by atoms with Gasteiger partial charge in [-0.25, -0.2) is 8.42 Å². The molecule has 2 rings (SSSR count). The Morgan fingerprint density at radius 2 is 2.21 bits per heavy atom. The number of nitrogens with zero attached hydrogens (tertiary/aromatic N) is 3. The second-order valence-corrected chi connectivity index (χ2v) is 7.40. The van der Waals surface area contributed by atoms with Crippen LogP contribution in [0.2, 0.25) is 0 Å². The number of rotatable bonds is 4. The van der Waals surface area contributed by atoms with Crippen molar-refractivity contribution in [1.29, 1.82) is 0 Å². The van der Waals surface area contributed by atoms with Crippen LogP contribution in [-0.4, -0.2) is 48.7 Å². The zero-order valence-corrected chi connectivity index (χ0v) is 12.3. The van der Waals surface area contributed by atoms with Crippen molar-refractivity contribution < 1.29 is 12.8 Å². The largest absolute Gasteiger partial charge is 0.407 e. The van der Waals surface area contributed by atoms with Crippen molar-refractivity contribution in [2.45, 2.75) is 39.4 Å². The minimum absolute atomic E-state index is 0.134. The normalized spacial score (nSPS) is 22.9. The lowest BCUT2D eigenvalue weighted by Gasteiger charge is -2.31. The average molecular weight is 288 g/mol. The van der Waals surface area contributed by atoms with Crippen molar-refractivity contribution in [3.05, 3.63) is 5.89 Å². The van der Waals surface area contributed by atoms with Crippen LogP contribution in [0.5, 0.6) is 0 Å². The maximum Gasteiger partial charge on any atom is 0.318 e. The van der Waals surface area contributed by atoms with Gasteiger partial charge in [0.2, 0.25) is 5.89 Å². The summed E-state index contributed by atoms with van der Waals surface area (Å²) in [5, 5.41) is 11.1. The van der Waals surface area contributed by atoms with E-state index in [2.05, 4.69) is 15.5 Å². The van der Waals surface area contributed by atoms with Crippen molar-refractivity contribution >= 4 is 15.9 Å². The summed E-state index contributed by atoms with van der Waals surface area (Å²) in [5.41, 5.74) is 0. The minimum atomic E-state index is -2.93. The van der Waals surface area contributed by atoms with Crippen molar-refractivity contribution in [2.75, 3.05) is 23.0 Å². The van der Waals surface area contributed by atoms with E-state index in [0.717, 1.165) is 0 Å². The predicted molar refractivity (Wildman–Crippen MR) is 71.7 cm³/mol. The molecule has 2 heterocycles. The molecule has 1 atom stereocenters. The topological polar surface area (TPSA) is 88.3 Å². The van der Waals surface area contributed by atoms with Gasteiger partial charge in [-0.2, -0.15) is 0 Å². The van der Waals surface area contributed by atoms with Crippen molar-refractivity contribution in [2.24, 2.45) is 0 Å². The fraction of sp³-hybridized carbons (Fsp3) is 0.818. The minimum Gasteiger partial charge on any atom is -0.407 e. The number of nitrogens with one attached hydrogen (secondary N) is 1. The van der Waals surface area contributed by atoms with E-state index >= 15 is 0 Å². The van der Waals surface area contributed by atoms with Gasteiger partial charge in [0, 0.05) is 18.6 Å². The summed E-state index contributed by atoms with van der Waals surface area (Å²) in [6, 6.07) is 0.613. The predicted octanol–water partition coefficient (Wildman–Crippen LogP) is 0.191. The fourth-order valence-corrected chi connectivity index (χ4v) is 3.56. The highest BCUT2D eigenvalue weighted by Gasteiger charge is 2.31. The molecule has 0 bridgehead atoms. The molecule has 1 N–H and O–H groups in total. The quantitative estimate of drug-likeness (QED) is 0.846. The van der Waals surface area contributed by atoms with Gasteiger partial charge in [-0.05, 0) is 6.92 Å². The molecule has 0 radical (unpaired) electrons. The van der Waals surface area contributed by atoms with Crippen molar-refractivity contribution in [3.63, 3.8) is 0 Å². The third-order valence-corrected chi connectivity index (χ3v) is 4.83. The van der Waals surface area contributed by atoms with Crippen LogP contribution >= 0.6 is 0 Å². The molecule has 1 saturated heterocycles. The van der Waals surface area contributed by atoms with Crippen molar-refractivity contribution in [1.82, 2.24) is 15.5 Å². The summed E-state index contributed by atoms with van der Waals surface area (Å²) < 4.78 is 28.6. The maximum absolute atomic E-state index is 11.5. The zero-order chi connectivity index (χ0) is 14.0. The lowest BCUT2D eigenvalue weighted by Crippen LogP contribution is -2.47. The third-order valence-electron chi connectivity index (χ3n) is 3.03. The van der Waals surface area contributed by atoms with E-state index in [-0.39, 0.29) is 17.5 Å². The van der Waals surface area contributed by atoms with E-state index in [0.29, 0.717) is 31.0 Å². The van der Waals surface area contributed by atoms with Crippen molar-refractivity contribution in [3.8, 4) is 0 Å². The Bertz CT molecular complexity index is 526. The number of sulfone groups is 1. The molecule has 8 heteroatoms. The van der Waals surface area contributed by atoms with Gasteiger partial charge in [-0.15, -0.1) is 5.10 Å². The van der Waals surface area contributed by atoms with E-state index in [1.807, 2.05) is 25.7 Å². The Balaban J connectivity index is 2.02. The summed E-state index contributed by atoms with van der Waals surface area (Å²) in [4.78, 5) is 1.85. The van der Waals surface area contributed by atoms with Crippen LogP contribution in [0.15, 0.2) is 4.42 Å². The lowest BCUT2D eigenvalue weighted by atomic mass is 10.3. The monoisotopic (exact) mass is 288 g/mol. The van der Waals surface area contributed by atoms with E-state index in [4.69, 9.17) is 4.42 Å². The van der Waals surface area contributed by atoms with Crippen LogP contribution in [-0.2, 0) is 16.4 Å². The molecule has 7 nitrogen and oxygen atoms in total. The highest BCUT2D eigenvalue weighted by molar-refractivity contribution is 7.91. The van der Waals surface area contributed by atoms with Crippen LogP contribution < -0.4 is 10.2 Å². The number of hydrogen-bond donors (Lipinski definition) is 1. The Labute approximate surface area is 113 Å². The summed E-state index contributed by atoms with van der Waals surface area (Å²) >= 11 is 0. The molecule has 0 amide bonds. The molecule has 1 unspecified atom stereocenters. The van der Waals surface area contributed by atoms with Gasteiger partial charge in [-0.1, -0.05) is 18.9 Å². The van der Waals surface area contributed by atoms with Crippen LogP contribution in [0.4, 0.5) is 6.01 Å². The first-order valence-corrected chi connectivity index (χ1v) is 8.22. The van der Waals surface area contributed by atoms with E-state index < -0.39 is 9.84 Å². The Morgan fingerprint density at radius 1 is 1.47 bits per heavy atom. The highest BCUT2D eigenvalue weighted by Crippen LogP contribution is 2.20. The SMILES string of the molecule is CC(C)NCc1nnc(N2CCS(=O)(=O)CC2C)o1. The van der Waals surface area contributed by atoms with Crippen LogP contribution in [0.1, 0.15) is 26.7 Å². The molecule has 1 aromatic rings. The van der Waals surface area contributed by atoms with Crippen LogP contribution in [0.3, 0.4) is 0 Å². The number of anilines is 1. The standard InChI is InChI=1S/C11H20N4O3S/c1-8(2)12-6-10-13-14-11(18-10)15-4-5-19(16,17)7-9(15)3/h8-9,12H,4-7H2,1-3H3. The molecule has 1 aliphatic rings. The molecule has 108 valence electrons. The molecule has 0 aliphatic carbocycles. The van der Waals surface area contributed by atoms with Gasteiger partial charge in [0.1, 0.15) is 0 Å². The Hall–Kier alpha value is -1.15. The second kappa shape index (κ2) is 5.46. The summed E-state index contributed by atoms with van der Waals surface area (Å²) in [6.45, 7) is 6.85. The maximum atomic E-state index is 11.5. The highest BCUT2D eigenvalue weighted by atomic mass is 32.2.